The highest BCUT2D eigenvalue weighted by molar-refractivity contribution is 7.91. The lowest BCUT2D eigenvalue weighted by molar-refractivity contribution is 0.0696. The van der Waals surface area contributed by atoms with Gasteiger partial charge in [-0.1, -0.05) is 41.9 Å². The summed E-state index contributed by atoms with van der Waals surface area (Å²) in [5.41, 5.74) is 1.79. The maximum absolute atomic E-state index is 13.1. The lowest BCUT2D eigenvalue weighted by Crippen LogP contribution is -2.32. The predicted molar refractivity (Wildman–Crippen MR) is 149 cm³/mol. The Morgan fingerprint density at radius 2 is 1.54 bits per heavy atom. The highest BCUT2D eigenvalue weighted by atomic mass is 35.5. The van der Waals surface area contributed by atoms with E-state index in [1.807, 2.05) is 13.0 Å². The smallest absolute Gasteiger partial charge is 0.335 e. The second kappa shape index (κ2) is 12.4. The third kappa shape index (κ3) is 7.46. The maximum atomic E-state index is 13.1. The molecule has 202 valence electrons. The largest absolute Gasteiger partial charge is 0.478 e. The number of rotatable bonds is 11. The number of aliphatic hydroxyl groups excluding tert-OH is 1. The summed E-state index contributed by atoms with van der Waals surface area (Å²) in [6.45, 7) is 2.36. The minimum Gasteiger partial charge on any atom is -0.478 e. The number of aromatic carboxylic acids is 1. The van der Waals surface area contributed by atoms with E-state index in [1.54, 1.807) is 54.6 Å². The fraction of sp³-hybridized carbons (Fsp3) is 0.167. The highest BCUT2D eigenvalue weighted by Gasteiger charge is 2.18. The third-order valence-electron chi connectivity index (χ3n) is 6.12. The number of hydrogen-bond donors (Lipinski definition) is 3. The second-order valence-electron chi connectivity index (χ2n) is 9.14. The first kappa shape index (κ1) is 28.3. The first-order valence-electron chi connectivity index (χ1n) is 12.2. The van der Waals surface area contributed by atoms with E-state index in [4.69, 9.17) is 21.4 Å². The van der Waals surface area contributed by atoms with Crippen LogP contribution in [-0.2, 0) is 16.3 Å². The van der Waals surface area contributed by atoms with Crippen molar-refractivity contribution in [3.05, 3.63) is 119 Å². The molecule has 0 spiro atoms. The normalized spacial score (nSPS) is 13.0. The lowest BCUT2D eigenvalue weighted by Gasteiger charge is -2.18. The molecule has 39 heavy (non-hydrogen) atoms. The van der Waals surface area contributed by atoms with E-state index in [1.165, 1.54) is 36.4 Å². The lowest BCUT2D eigenvalue weighted by atomic mass is 10.1. The summed E-state index contributed by atoms with van der Waals surface area (Å²) >= 11 is 6.00. The molecule has 0 fully saturated rings. The van der Waals surface area contributed by atoms with E-state index < -0.39 is 21.9 Å². The van der Waals surface area contributed by atoms with Gasteiger partial charge in [-0.25, -0.2) is 13.2 Å². The van der Waals surface area contributed by atoms with Crippen LogP contribution in [0.1, 0.15) is 34.5 Å². The Morgan fingerprint density at radius 3 is 2.18 bits per heavy atom. The van der Waals surface area contributed by atoms with Crippen LogP contribution in [-0.4, -0.2) is 37.2 Å². The molecule has 4 aromatic carbocycles. The molecule has 2 atom stereocenters. The van der Waals surface area contributed by atoms with Crippen LogP contribution in [0.15, 0.2) is 107 Å². The zero-order valence-electron chi connectivity index (χ0n) is 21.1. The van der Waals surface area contributed by atoms with Gasteiger partial charge in [-0.05, 0) is 91.2 Å². The second-order valence-corrected chi connectivity index (χ2v) is 11.5. The molecule has 0 aliphatic rings. The summed E-state index contributed by atoms with van der Waals surface area (Å²) in [5.74, 6) is -0.344. The number of aliphatic hydroxyl groups is 1. The molecule has 0 aromatic heterocycles. The zero-order chi connectivity index (χ0) is 28.0. The van der Waals surface area contributed by atoms with Crippen LogP contribution in [0, 0.1) is 0 Å². The van der Waals surface area contributed by atoms with Gasteiger partial charge in [0.2, 0.25) is 9.84 Å². The average Bonchev–Trinajstić information content (AvgIpc) is 2.92. The van der Waals surface area contributed by atoms with Gasteiger partial charge in [-0.2, -0.15) is 0 Å². The van der Waals surface area contributed by atoms with Gasteiger partial charge < -0.3 is 20.3 Å². The highest BCUT2D eigenvalue weighted by Crippen LogP contribution is 2.27. The topological polar surface area (TPSA) is 113 Å². The quantitative estimate of drug-likeness (QED) is 0.207. The molecule has 9 heteroatoms. The monoisotopic (exact) mass is 565 g/mol. The van der Waals surface area contributed by atoms with Crippen molar-refractivity contribution in [3.63, 3.8) is 0 Å². The summed E-state index contributed by atoms with van der Waals surface area (Å²) in [4.78, 5) is 11.4. The van der Waals surface area contributed by atoms with Gasteiger partial charge in [0.25, 0.3) is 0 Å². The van der Waals surface area contributed by atoms with Crippen molar-refractivity contribution in [1.29, 1.82) is 0 Å². The van der Waals surface area contributed by atoms with Crippen molar-refractivity contribution in [3.8, 4) is 11.5 Å². The first-order chi connectivity index (χ1) is 18.6. The molecular formula is C30H28ClNO6S. The molecule has 4 aromatic rings. The number of carboxylic acid groups (broad SMARTS) is 1. The van der Waals surface area contributed by atoms with Crippen LogP contribution in [0.5, 0.6) is 11.5 Å². The Morgan fingerprint density at radius 1 is 0.897 bits per heavy atom. The minimum absolute atomic E-state index is 0.0463. The predicted octanol–water partition coefficient (Wildman–Crippen LogP) is 5.92. The van der Waals surface area contributed by atoms with Crippen LogP contribution < -0.4 is 10.1 Å². The zero-order valence-corrected chi connectivity index (χ0v) is 22.7. The van der Waals surface area contributed by atoms with Gasteiger partial charge >= 0.3 is 5.97 Å². The molecule has 0 saturated carbocycles. The number of ether oxygens (including phenoxy) is 1. The number of sulfone groups is 1. The summed E-state index contributed by atoms with van der Waals surface area (Å²) in [6.07, 6.45) is -0.0390. The molecule has 0 amide bonds. The number of benzene rings is 4. The number of halogens is 1. The SMILES string of the molecule is C[C@H](Cc1ccc(S(=O)(=O)c2ccc(Oc3cccc(C(=O)O)c3)cc2)cc1)NC[C@H](O)c1cccc(Cl)c1. The summed E-state index contributed by atoms with van der Waals surface area (Å²) < 4.78 is 31.9. The Hall–Kier alpha value is -3.69. The van der Waals surface area contributed by atoms with Gasteiger partial charge in [-0.3, -0.25) is 0 Å². The van der Waals surface area contributed by atoms with Crippen LogP contribution in [0.3, 0.4) is 0 Å². The summed E-state index contributed by atoms with van der Waals surface area (Å²) in [7, 11) is -3.74. The van der Waals surface area contributed by atoms with Crippen molar-refractivity contribution in [1.82, 2.24) is 5.32 Å². The number of carboxylic acids is 1. The number of hydrogen-bond acceptors (Lipinski definition) is 6. The first-order valence-corrected chi connectivity index (χ1v) is 14.1. The number of nitrogens with one attached hydrogen (secondary N) is 1. The molecule has 7 nitrogen and oxygen atoms in total. The Balaban J connectivity index is 1.35. The summed E-state index contributed by atoms with van der Waals surface area (Å²) in [5, 5.41) is 23.4. The fourth-order valence-corrected chi connectivity index (χ4v) is 5.49. The van der Waals surface area contributed by atoms with Gasteiger partial charge in [-0.15, -0.1) is 0 Å². The van der Waals surface area contributed by atoms with E-state index in [2.05, 4.69) is 5.32 Å². The summed E-state index contributed by atoms with van der Waals surface area (Å²) in [6, 6.07) is 25.9. The van der Waals surface area contributed by atoms with Gasteiger partial charge in [0.1, 0.15) is 11.5 Å². The molecule has 0 saturated heterocycles. The van der Waals surface area contributed by atoms with Gasteiger partial charge in [0, 0.05) is 17.6 Å². The van der Waals surface area contributed by atoms with E-state index in [0.717, 1.165) is 11.1 Å². The minimum atomic E-state index is -3.74. The Bertz CT molecular complexity index is 1540. The van der Waals surface area contributed by atoms with Crippen molar-refractivity contribution in [2.45, 2.75) is 35.3 Å². The van der Waals surface area contributed by atoms with Crippen molar-refractivity contribution in [2.24, 2.45) is 0 Å². The molecular weight excluding hydrogens is 538 g/mol. The molecule has 0 radical (unpaired) electrons. The molecule has 0 unspecified atom stereocenters. The van der Waals surface area contributed by atoms with Crippen molar-refractivity contribution < 1.29 is 28.2 Å². The molecule has 4 rings (SSSR count). The third-order valence-corrected chi connectivity index (χ3v) is 8.14. The Kier molecular flexibility index (Phi) is 9.04. The van der Waals surface area contributed by atoms with Crippen molar-refractivity contribution in [2.75, 3.05) is 6.54 Å². The van der Waals surface area contributed by atoms with Gasteiger partial charge in [0.15, 0.2) is 0 Å². The van der Waals surface area contributed by atoms with E-state index in [-0.39, 0.29) is 21.4 Å². The molecule has 0 heterocycles. The molecule has 0 bridgehead atoms. The van der Waals surface area contributed by atoms with Gasteiger partial charge in [0.05, 0.1) is 21.5 Å². The standard InChI is InChI=1S/C30H28ClNO6S/c1-20(32-19-29(33)22-4-2-6-24(31)17-22)16-21-8-12-27(13-9-21)39(36,37)28-14-10-25(11-15-28)38-26-7-3-5-23(18-26)30(34)35/h2-15,17-18,20,29,32-33H,16,19H2,1H3,(H,34,35)/t20-,29+/m1/s1. The molecule has 3 N–H and O–H groups in total. The average molecular weight is 566 g/mol. The van der Waals surface area contributed by atoms with Crippen molar-refractivity contribution >= 4 is 27.4 Å². The Labute approximate surface area is 232 Å². The fourth-order valence-electron chi connectivity index (χ4n) is 4.03. The van der Waals surface area contributed by atoms with Crippen LogP contribution in [0.2, 0.25) is 5.02 Å². The van der Waals surface area contributed by atoms with E-state index in [9.17, 15) is 18.3 Å². The van der Waals surface area contributed by atoms with Crippen LogP contribution >= 0.6 is 11.6 Å². The molecule has 0 aliphatic carbocycles. The number of carbonyl (C=O) groups is 1. The van der Waals surface area contributed by atoms with Crippen LogP contribution in [0.25, 0.3) is 0 Å². The molecule has 0 aliphatic heterocycles. The maximum Gasteiger partial charge on any atom is 0.335 e. The van der Waals surface area contributed by atoms with Crippen LogP contribution in [0.4, 0.5) is 0 Å². The van der Waals surface area contributed by atoms with E-state index in [0.29, 0.717) is 29.5 Å². The van der Waals surface area contributed by atoms with E-state index >= 15 is 0 Å².